The maximum atomic E-state index is 11.8. The Balaban J connectivity index is 2.62. The van der Waals surface area contributed by atoms with Gasteiger partial charge in [0.2, 0.25) is 5.91 Å². The van der Waals surface area contributed by atoms with Crippen molar-refractivity contribution < 1.29 is 9.53 Å². The Bertz CT molecular complexity index is 515. The van der Waals surface area contributed by atoms with Crippen LogP contribution in [0.3, 0.4) is 0 Å². The highest BCUT2D eigenvalue weighted by molar-refractivity contribution is 5.91. The van der Waals surface area contributed by atoms with Crippen molar-refractivity contribution in [2.45, 2.75) is 32.8 Å². The van der Waals surface area contributed by atoms with Crippen molar-refractivity contribution in [2.75, 3.05) is 19.0 Å². The Labute approximate surface area is 120 Å². The van der Waals surface area contributed by atoms with Crippen molar-refractivity contribution in [3.8, 4) is 11.8 Å². The lowest BCUT2D eigenvalue weighted by molar-refractivity contribution is -0.116. The molecular formula is C16H22N2O2. The van der Waals surface area contributed by atoms with E-state index in [2.05, 4.69) is 17.2 Å². The van der Waals surface area contributed by atoms with Gasteiger partial charge >= 0.3 is 0 Å². The molecule has 1 aromatic rings. The van der Waals surface area contributed by atoms with Gasteiger partial charge in [0.25, 0.3) is 0 Å². The van der Waals surface area contributed by atoms with Crippen LogP contribution in [-0.4, -0.2) is 25.7 Å². The summed E-state index contributed by atoms with van der Waals surface area (Å²) >= 11 is 0. The number of ether oxygens (including phenoxy) is 1. The predicted octanol–water partition coefficient (Wildman–Crippen LogP) is 2.06. The molecule has 4 nitrogen and oxygen atoms in total. The van der Waals surface area contributed by atoms with Crippen molar-refractivity contribution in [3.05, 3.63) is 29.3 Å². The normalized spacial score (nSPS) is 11.4. The minimum atomic E-state index is -0.00204. The van der Waals surface area contributed by atoms with Gasteiger partial charge in [0.1, 0.15) is 0 Å². The molecule has 108 valence electrons. The molecule has 0 aliphatic rings. The number of hydrogen-bond acceptors (Lipinski definition) is 3. The number of aryl methyl sites for hydroxylation is 1. The third-order valence-corrected chi connectivity index (χ3v) is 3.02. The van der Waals surface area contributed by atoms with Crippen LogP contribution in [-0.2, 0) is 9.53 Å². The summed E-state index contributed by atoms with van der Waals surface area (Å²) in [5.41, 5.74) is 8.05. The van der Waals surface area contributed by atoms with Gasteiger partial charge in [0.15, 0.2) is 0 Å². The average molecular weight is 274 g/mol. The number of methoxy groups -OCH3 is 1. The summed E-state index contributed by atoms with van der Waals surface area (Å²) in [6, 6.07) is 5.69. The van der Waals surface area contributed by atoms with E-state index < -0.39 is 0 Å². The van der Waals surface area contributed by atoms with Gasteiger partial charge in [-0.2, -0.15) is 0 Å². The Morgan fingerprint density at radius 2 is 2.25 bits per heavy atom. The first kappa shape index (κ1) is 16.2. The van der Waals surface area contributed by atoms with Gasteiger partial charge in [-0.15, -0.1) is 0 Å². The molecule has 0 saturated carbocycles. The number of benzene rings is 1. The molecule has 20 heavy (non-hydrogen) atoms. The molecule has 1 amide bonds. The van der Waals surface area contributed by atoms with Gasteiger partial charge < -0.3 is 15.8 Å². The fraction of sp³-hybridized carbons (Fsp3) is 0.438. The van der Waals surface area contributed by atoms with Crippen molar-refractivity contribution in [1.82, 2.24) is 0 Å². The molecule has 1 atom stereocenters. The Morgan fingerprint density at radius 1 is 1.50 bits per heavy atom. The van der Waals surface area contributed by atoms with Crippen molar-refractivity contribution in [3.63, 3.8) is 0 Å². The first-order valence-corrected chi connectivity index (χ1v) is 6.69. The smallest absolute Gasteiger partial charge is 0.224 e. The lowest BCUT2D eigenvalue weighted by atomic mass is 10.1. The largest absolute Gasteiger partial charge is 0.382 e. The predicted molar refractivity (Wildman–Crippen MR) is 81.4 cm³/mol. The third-order valence-electron chi connectivity index (χ3n) is 3.02. The van der Waals surface area contributed by atoms with Gasteiger partial charge in [0, 0.05) is 24.8 Å². The number of amides is 1. The van der Waals surface area contributed by atoms with E-state index in [1.54, 1.807) is 7.11 Å². The minimum Gasteiger partial charge on any atom is -0.382 e. The van der Waals surface area contributed by atoms with Crippen LogP contribution in [0.15, 0.2) is 18.2 Å². The van der Waals surface area contributed by atoms with Gasteiger partial charge in [0.05, 0.1) is 12.6 Å². The number of carbonyl (C=O) groups excluding carboxylic acids is 1. The number of carbonyl (C=O) groups is 1. The molecule has 0 radical (unpaired) electrons. The number of rotatable bonds is 5. The van der Waals surface area contributed by atoms with Crippen LogP contribution in [0, 0.1) is 18.8 Å². The molecular weight excluding hydrogens is 252 g/mol. The highest BCUT2D eigenvalue weighted by Crippen LogP contribution is 2.16. The third kappa shape index (κ3) is 5.43. The van der Waals surface area contributed by atoms with E-state index in [9.17, 15) is 4.79 Å². The molecule has 1 aromatic carbocycles. The molecule has 1 unspecified atom stereocenters. The van der Waals surface area contributed by atoms with E-state index in [4.69, 9.17) is 10.5 Å². The van der Waals surface area contributed by atoms with Crippen LogP contribution in [0.1, 0.15) is 30.9 Å². The molecule has 0 aliphatic carbocycles. The van der Waals surface area contributed by atoms with Gasteiger partial charge in [-0.3, -0.25) is 4.79 Å². The second-order valence-corrected chi connectivity index (χ2v) is 4.67. The fourth-order valence-corrected chi connectivity index (χ4v) is 1.70. The first-order chi connectivity index (χ1) is 9.56. The molecule has 0 heterocycles. The second-order valence-electron chi connectivity index (χ2n) is 4.67. The second kappa shape index (κ2) is 8.36. The van der Waals surface area contributed by atoms with Crippen LogP contribution >= 0.6 is 0 Å². The summed E-state index contributed by atoms with van der Waals surface area (Å²) in [5.74, 6) is 5.77. The summed E-state index contributed by atoms with van der Waals surface area (Å²) in [6.07, 6.45) is 1.25. The summed E-state index contributed by atoms with van der Waals surface area (Å²) in [5, 5.41) is 2.91. The van der Waals surface area contributed by atoms with Gasteiger partial charge in [-0.1, -0.05) is 11.8 Å². The number of nitrogens with one attached hydrogen (secondary N) is 1. The van der Waals surface area contributed by atoms with Crippen LogP contribution < -0.4 is 11.1 Å². The fourth-order valence-electron chi connectivity index (χ4n) is 1.70. The van der Waals surface area contributed by atoms with Gasteiger partial charge in [-0.05, 0) is 44.0 Å². The monoisotopic (exact) mass is 274 g/mol. The molecule has 0 bridgehead atoms. The highest BCUT2D eigenvalue weighted by Gasteiger charge is 2.07. The molecule has 3 N–H and O–H groups in total. The van der Waals surface area contributed by atoms with Crippen LogP contribution in [0.5, 0.6) is 0 Å². The lowest BCUT2D eigenvalue weighted by Crippen LogP contribution is -2.15. The van der Waals surface area contributed by atoms with E-state index in [-0.39, 0.29) is 12.0 Å². The van der Waals surface area contributed by atoms with E-state index in [1.165, 1.54) is 0 Å². The summed E-state index contributed by atoms with van der Waals surface area (Å²) in [6.45, 7) is 4.24. The molecule has 0 aromatic heterocycles. The zero-order valence-corrected chi connectivity index (χ0v) is 12.3. The molecule has 1 rings (SSSR count). The van der Waals surface area contributed by atoms with E-state index >= 15 is 0 Å². The number of nitrogens with two attached hydrogens (primary N) is 1. The molecule has 0 saturated heterocycles. The topological polar surface area (TPSA) is 64.3 Å². The quantitative estimate of drug-likeness (QED) is 0.808. The van der Waals surface area contributed by atoms with E-state index in [0.717, 1.165) is 16.8 Å². The minimum absolute atomic E-state index is 0.00204. The molecule has 0 fully saturated rings. The summed E-state index contributed by atoms with van der Waals surface area (Å²) in [7, 11) is 1.65. The molecule has 0 aliphatic heterocycles. The van der Waals surface area contributed by atoms with Crippen molar-refractivity contribution in [1.29, 1.82) is 0 Å². The Kier molecular flexibility index (Phi) is 6.78. The van der Waals surface area contributed by atoms with Crippen LogP contribution in [0.4, 0.5) is 5.69 Å². The van der Waals surface area contributed by atoms with Crippen molar-refractivity contribution >= 4 is 11.6 Å². The van der Waals surface area contributed by atoms with Gasteiger partial charge in [-0.25, -0.2) is 0 Å². The summed E-state index contributed by atoms with van der Waals surface area (Å²) in [4.78, 5) is 11.8. The van der Waals surface area contributed by atoms with E-state index in [1.807, 2.05) is 32.0 Å². The standard InChI is InChI=1S/C16H22N2O2/c1-12-11-14(5-4-10-17)7-8-15(12)18-16(19)9-6-13(2)20-3/h7-8,11,13H,6,9-10,17H2,1-3H3,(H,18,19). The maximum Gasteiger partial charge on any atom is 0.224 e. The molecule has 0 spiro atoms. The first-order valence-electron chi connectivity index (χ1n) is 6.69. The Hall–Kier alpha value is -1.83. The SMILES string of the molecule is COC(C)CCC(=O)Nc1ccc(C#CCN)cc1C. The zero-order chi connectivity index (χ0) is 15.0. The highest BCUT2D eigenvalue weighted by atomic mass is 16.5. The molecule has 4 heteroatoms. The Morgan fingerprint density at radius 3 is 2.85 bits per heavy atom. The lowest BCUT2D eigenvalue weighted by Gasteiger charge is -2.11. The number of hydrogen-bond donors (Lipinski definition) is 2. The maximum absolute atomic E-state index is 11.8. The summed E-state index contributed by atoms with van der Waals surface area (Å²) < 4.78 is 5.12. The van der Waals surface area contributed by atoms with Crippen LogP contribution in [0.2, 0.25) is 0 Å². The van der Waals surface area contributed by atoms with E-state index in [0.29, 0.717) is 19.4 Å². The zero-order valence-electron chi connectivity index (χ0n) is 12.3. The van der Waals surface area contributed by atoms with Crippen molar-refractivity contribution in [2.24, 2.45) is 5.73 Å². The average Bonchev–Trinajstić information content (AvgIpc) is 2.45. The van der Waals surface area contributed by atoms with Crippen LogP contribution in [0.25, 0.3) is 0 Å². The number of anilines is 1.